The van der Waals surface area contributed by atoms with E-state index in [2.05, 4.69) is 68.1 Å². The van der Waals surface area contributed by atoms with Crippen LogP contribution in [0.1, 0.15) is 11.1 Å². The zero-order chi connectivity index (χ0) is 17.7. The van der Waals surface area contributed by atoms with Crippen molar-refractivity contribution in [3.8, 4) is 11.1 Å². The number of furan rings is 1. The van der Waals surface area contributed by atoms with Crippen LogP contribution in [0.25, 0.3) is 49.9 Å². The van der Waals surface area contributed by atoms with E-state index in [4.69, 9.17) is 4.42 Å². The van der Waals surface area contributed by atoms with E-state index in [9.17, 15) is 0 Å². The summed E-state index contributed by atoms with van der Waals surface area (Å²) < 4.78 is 6.23. The lowest BCUT2D eigenvalue weighted by molar-refractivity contribution is 0.672. The first-order valence-electron chi connectivity index (χ1n) is 8.83. The zero-order valence-corrected chi connectivity index (χ0v) is 14.6. The van der Waals surface area contributed by atoms with E-state index in [0.29, 0.717) is 0 Å². The van der Waals surface area contributed by atoms with Crippen LogP contribution in [0, 0.1) is 6.92 Å². The van der Waals surface area contributed by atoms with Gasteiger partial charge in [0, 0.05) is 16.2 Å². The maximum atomic E-state index is 6.23. The van der Waals surface area contributed by atoms with Gasteiger partial charge in [-0.25, -0.2) is 0 Å². The highest BCUT2D eigenvalue weighted by molar-refractivity contribution is 6.15. The van der Waals surface area contributed by atoms with E-state index < -0.39 is 0 Å². The van der Waals surface area contributed by atoms with E-state index in [0.717, 1.165) is 27.5 Å². The van der Waals surface area contributed by atoms with Gasteiger partial charge < -0.3 is 4.42 Å². The summed E-state index contributed by atoms with van der Waals surface area (Å²) in [6.07, 6.45) is 1.92. The predicted molar refractivity (Wildman–Crippen MR) is 111 cm³/mol. The van der Waals surface area contributed by atoms with E-state index >= 15 is 0 Å². The molecule has 1 heteroatoms. The summed E-state index contributed by atoms with van der Waals surface area (Å²) in [5, 5.41) is 4.69. The van der Waals surface area contributed by atoms with Gasteiger partial charge in [-0.1, -0.05) is 67.3 Å². The monoisotopic (exact) mass is 334 g/mol. The normalized spacial score (nSPS) is 11.4. The van der Waals surface area contributed by atoms with Gasteiger partial charge in [0.05, 0.1) is 0 Å². The molecule has 0 spiro atoms. The smallest absolute Gasteiger partial charge is 0.143 e. The van der Waals surface area contributed by atoms with Crippen molar-refractivity contribution >= 4 is 38.8 Å². The van der Waals surface area contributed by atoms with Crippen LogP contribution >= 0.6 is 0 Å². The average molecular weight is 334 g/mol. The third-order valence-corrected chi connectivity index (χ3v) is 5.18. The lowest BCUT2D eigenvalue weighted by Crippen LogP contribution is -1.88. The SMILES string of the molecule is C=Cc1ccccc1-c1cc2c(ccc3c4ccccc4oc23)cc1C. The lowest BCUT2D eigenvalue weighted by Gasteiger charge is -2.11. The van der Waals surface area contributed by atoms with Crippen molar-refractivity contribution in [2.45, 2.75) is 6.92 Å². The van der Waals surface area contributed by atoms with Gasteiger partial charge in [-0.2, -0.15) is 0 Å². The number of para-hydroxylation sites is 1. The molecule has 0 fully saturated rings. The Bertz CT molecular complexity index is 1300. The van der Waals surface area contributed by atoms with Crippen LogP contribution in [0.3, 0.4) is 0 Å². The van der Waals surface area contributed by atoms with Gasteiger partial charge in [-0.05, 0) is 52.8 Å². The molecule has 0 saturated heterocycles. The van der Waals surface area contributed by atoms with E-state index in [1.165, 1.54) is 27.5 Å². The van der Waals surface area contributed by atoms with Gasteiger partial charge in [0.1, 0.15) is 11.2 Å². The Kier molecular flexibility index (Phi) is 3.23. The quantitative estimate of drug-likeness (QED) is 0.329. The molecule has 1 aromatic heterocycles. The molecule has 5 rings (SSSR count). The molecule has 0 saturated carbocycles. The number of rotatable bonds is 2. The van der Waals surface area contributed by atoms with E-state index in [1.54, 1.807) is 0 Å². The highest BCUT2D eigenvalue weighted by Crippen LogP contribution is 2.37. The van der Waals surface area contributed by atoms with Gasteiger partial charge >= 0.3 is 0 Å². The summed E-state index contributed by atoms with van der Waals surface area (Å²) in [5.41, 5.74) is 6.72. The number of hydrogen-bond donors (Lipinski definition) is 0. The molecule has 0 atom stereocenters. The molecule has 0 radical (unpaired) electrons. The average Bonchev–Trinajstić information content (AvgIpc) is 3.06. The van der Waals surface area contributed by atoms with Crippen LogP contribution in [0.15, 0.2) is 83.8 Å². The van der Waals surface area contributed by atoms with Crippen molar-refractivity contribution < 1.29 is 4.42 Å². The Morgan fingerprint density at radius 2 is 1.58 bits per heavy atom. The van der Waals surface area contributed by atoms with Crippen molar-refractivity contribution in [1.82, 2.24) is 0 Å². The maximum absolute atomic E-state index is 6.23. The minimum Gasteiger partial charge on any atom is -0.455 e. The summed E-state index contributed by atoms with van der Waals surface area (Å²) in [6.45, 7) is 6.13. The Hall–Kier alpha value is -3.32. The van der Waals surface area contributed by atoms with E-state index in [-0.39, 0.29) is 0 Å². The predicted octanol–water partition coefficient (Wildman–Crippen LogP) is 7.36. The molecular formula is C25H18O. The van der Waals surface area contributed by atoms with Crippen LogP contribution in [-0.2, 0) is 0 Å². The van der Waals surface area contributed by atoms with Gasteiger partial charge in [-0.15, -0.1) is 0 Å². The molecular weight excluding hydrogens is 316 g/mol. The van der Waals surface area contributed by atoms with Crippen LogP contribution < -0.4 is 0 Å². The number of benzene rings is 4. The standard InChI is InChI=1S/C25H18O/c1-3-17-8-4-5-9-19(17)22-15-23-18(14-16(22)2)12-13-21-20-10-6-7-11-24(20)26-25(21)23/h3-15H,1H2,2H3. The van der Waals surface area contributed by atoms with Crippen LogP contribution in [0.5, 0.6) is 0 Å². The van der Waals surface area contributed by atoms with Crippen LogP contribution in [-0.4, -0.2) is 0 Å². The summed E-state index contributed by atoms with van der Waals surface area (Å²) in [6, 6.07) is 25.5. The summed E-state index contributed by atoms with van der Waals surface area (Å²) in [4.78, 5) is 0. The Labute approximate surface area is 152 Å². The van der Waals surface area contributed by atoms with Crippen molar-refractivity contribution in [2.75, 3.05) is 0 Å². The Morgan fingerprint density at radius 3 is 2.46 bits per heavy atom. The highest BCUT2D eigenvalue weighted by atomic mass is 16.3. The Morgan fingerprint density at radius 1 is 0.769 bits per heavy atom. The molecule has 26 heavy (non-hydrogen) atoms. The highest BCUT2D eigenvalue weighted by Gasteiger charge is 2.13. The van der Waals surface area contributed by atoms with Gasteiger partial charge in [0.15, 0.2) is 0 Å². The minimum absolute atomic E-state index is 0.934. The third-order valence-electron chi connectivity index (χ3n) is 5.18. The fraction of sp³-hybridized carbons (Fsp3) is 0.0400. The molecule has 0 unspecified atom stereocenters. The van der Waals surface area contributed by atoms with Crippen LogP contribution in [0.4, 0.5) is 0 Å². The molecule has 0 amide bonds. The van der Waals surface area contributed by atoms with Crippen molar-refractivity contribution in [3.63, 3.8) is 0 Å². The summed E-state index contributed by atoms with van der Waals surface area (Å²) in [7, 11) is 0. The second kappa shape index (κ2) is 5.60. The zero-order valence-electron chi connectivity index (χ0n) is 14.6. The first-order chi connectivity index (χ1) is 12.8. The number of aryl methyl sites for hydroxylation is 1. The first kappa shape index (κ1) is 15.0. The van der Waals surface area contributed by atoms with E-state index in [1.807, 2.05) is 24.3 Å². The number of fused-ring (bicyclic) bond motifs is 5. The molecule has 0 aliphatic heterocycles. The van der Waals surface area contributed by atoms with Crippen molar-refractivity contribution in [2.24, 2.45) is 0 Å². The van der Waals surface area contributed by atoms with Crippen LogP contribution in [0.2, 0.25) is 0 Å². The molecule has 1 nitrogen and oxygen atoms in total. The molecule has 0 aliphatic rings. The molecule has 124 valence electrons. The molecule has 0 N–H and O–H groups in total. The maximum Gasteiger partial charge on any atom is 0.143 e. The minimum atomic E-state index is 0.934. The fourth-order valence-corrected chi connectivity index (χ4v) is 3.88. The van der Waals surface area contributed by atoms with Gasteiger partial charge in [0.2, 0.25) is 0 Å². The van der Waals surface area contributed by atoms with Gasteiger partial charge in [-0.3, -0.25) is 0 Å². The molecule has 0 bridgehead atoms. The fourth-order valence-electron chi connectivity index (χ4n) is 3.88. The topological polar surface area (TPSA) is 13.1 Å². The second-order valence-corrected chi connectivity index (χ2v) is 6.72. The third kappa shape index (κ3) is 2.11. The van der Waals surface area contributed by atoms with Crippen molar-refractivity contribution in [1.29, 1.82) is 0 Å². The Balaban J connectivity index is 1.90. The number of hydrogen-bond acceptors (Lipinski definition) is 1. The molecule has 1 heterocycles. The summed E-state index contributed by atoms with van der Waals surface area (Å²) in [5.74, 6) is 0. The summed E-state index contributed by atoms with van der Waals surface area (Å²) >= 11 is 0. The lowest BCUT2D eigenvalue weighted by atomic mass is 9.92. The molecule has 0 aliphatic carbocycles. The van der Waals surface area contributed by atoms with Gasteiger partial charge in [0.25, 0.3) is 0 Å². The largest absolute Gasteiger partial charge is 0.455 e. The molecule has 5 aromatic rings. The first-order valence-corrected chi connectivity index (χ1v) is 8.83. The second-order valence-electron chi connectivity index (χ2n) is 6.72. The van der Waals surface area contributed by atoms with Crippen molar-refractivity contribution in [3.05, 3.63) is 90.5 Å². The molecule has 4 aromatic carbocycles.